The summed E-state index contributed by atoms with van der Waals surface area (Å²) in [5, 5.41) is 11.3. The third-order valence-corrected chi connectivity index (χ3v) is 6.18. The third-order valence-electron chi connectivity index (χ3n) is 6.18. The number of nitro benzene ring substituents is 1. The van der Waals surface area contributed by atoms with E-state index in [0.29, 0.717) is 54.9 Å². The van der Waals surface area contributed by atoms with E-state index in [1.807, 2.05) is 18.2 Å². The van der Waals surface area contributed by atoms with Crippen molar-refractivity contribution in [2.24, 2.45) is 0 Å². The summed E-state index contributed by atoms with van der Waals surface area (Å²) in [5.74, 6) is -0.497. The summed E-state index contributed by atoms with van der Waals surface area (Å²) in [6.07, 6.45) is 1.38. The van der Waals surface area contributed by atoms with Gasteiger partial charge in [-0.15, -0.1) is 0 Å². The molecule has 1 aliphatic rings. The van der Waals surface area contributed by atoms with Crippen molar-refractivity contribution in [1.82, 2.24) is 4.90 Å². The molecule has 1 heterocycles. The number of likely N-dealkylation sites (tertiary alicyclic amines) is 1. The fourth-order valence-corrected chi connectivity index (χ4v) is 4.34. The number of halogens is 1. The number of anilines is 1. The van der Waals surface area contributed by atoms with Gasteiger partial charge < -0.3 is 4.90 Å². The van der Waals surface area contributed by atoms with Crippen LogP contribution in [-0.4, -0.2) is 34.9 Å². The molecule has 0 spiro atoms. The van der Waals surface area contributed by atoms with Crippen LogP contribution >= 0.6 is 0 Å². The number of carbonyl (C=O) groups is 1. The maximum Gasteiger partial charge on any atom is 0.273 e. The molecule has 3 aromatic carbocycles. The van der Waals surface area contributed by atoms with E-state index < -0.39 is 0 Å². The monoisotopic (exact) mass is 447 g/mol. The number of nitrogens with zero attached hydrogens (tertiary/aromatic N) is 3. The topological polar surface area (TPSA) is 66.7 Å². The second kappa shape index (κ2) is 9.92. The van der Waals surface area contributed by atoms with Crippen LogP contribution in [0, 0.1) is 22.9 Å². The van der Waals surface area contributed by atoms with Gasteiger partial charge in [-0.05, 0) is 49.6 Å². The molecule has 4 rings (SSSR count). The Labute approximate surface area is 192 Å². The van der Waals surface area contributed by atoms with Crippen LogP contribution in [0.4, 0.5) is 15.8 Å². The van der Waals surface area contributed by atoms with Crippen LogP contribution in [0.5, 0.6) is 0 Å². The normalized spacial score (nSPS) is 14.7. The Morgan fingerprint density at radius 3 is 2.39 bits per heavy atom. The second-order valence-corrected chi connectivity index (χ2v) is 8.37. The standard InChI is InChI=1S/C26H26FN3O3/c1-19-11-12-23(17-24(19)27)29(26(31)20-7-3-2-4-8-20)22-13-15-28(16-14-22)18-21-9-5-6-10-25(21)30(32)33/h2-12,17,22H,13-16,18H2,1H3. The Balaban J connectivity index is 1.54. The lowest BCUT2D eigenvalue weighted by atomic mass is 9.99. The van der Waals surface area contributed by atoms with Crippen molar-refractivity contribution in [3.05, 3.63) is 105 Å². The lowest BCUT2D eigenvalue weighted by Crippen LogP contribution is -2.47. The predicted molar refractivity (Wildman–Crippen MR) is 126 cm³/mol. The van der Waals surface area contributed by atoms with E-state index in [2.05, 4.69) is 4.90 Å². The molecule has 33 heavy (non-hydrogen) atoms. The summed E-state index contributed by atoms with van der Waals surface area (Å²) in [6, 6.07) is 20.6. The molecule has 1 saturated heterocycles. The number of amides is 1. The van der Waals surface area contributed by atoms with Crippen molar-refractivity contribution in [3.63, 3.8) is 0 Å². The first kappa shape index (κ1) is 22.6. The van der Waals surface area contributed by atoms with E-state index in [1.54, 1.807) is 54.3 Å². The van der Waals surface area contributed by atoms with Gasteiger partial charge in [0.2, 0.25) is 0 Å². The fourth-order valence-electron chi connectivity index (χ4n) is 4.34. The van der Waals surface area contributed by atoms with Crippen molar-refractivity contribution in [2.75, 3.05) is 18.0 Å². The highest BCUT2D eigenvalue weighted by Crippen LogP contribution is 2.29. The molecule has 6 nitrogen and oxygen atoms in total. The average Bonchev–Trinajstić information content (AvgIpc) is 2.83. The Hall–Kier alpha value is -3.58. The molecule has 0 radical (unpaired) electrons. The van der Waals surface area contributed by atoms with E-state index in [1.165, 1.54) is 12.1 Å². The van der Waals surface area contributed by atoms with Crippen molar-refractivity contribution in [3.8, 4) is 0 Å². The second-order valence-electron chi connectivity index (χ2n) is 8.37. The molecule has 1 fully saturated rings. The highest BCUT2D eigenvalue weighted by atomic mass is 19.1. The number of nitro groups is 1. The van der Waals surface area contributed by atoms with E-state index in [4.69, 9.17) is 0 Å². The van der Waals surface area contributed by atoms with Gasteiger partial charge in [0.05, 0.1) is 4.92 Å². The lowest BCUT2D eigenvalue weighted by molar-refractivity contribution is -0.385. The zero-order valence-electron chi connectivity index (χ0n) is 18.5. The van der Waals surface area contributed by atoms with Crippen LogP contribution in [0.1, 0.15) is 34.3 Å². The first-order valence-corrected chi connectivity index (χ1v) is 11.0. The van der Waals surface area contributed by atoms with Gasteiger partial charge in [0.15, 0.2) is 0 Å². The number of hydrogen-bond donors (Lipinski definition) is 0. The summed E-state index contributed by atoms with van der Waals surface area (Å²) in [4.78, 5) is 28.3. The van der Waals surface area contributed by atoms with E-state index >= 15 is 0 Å². The Morgan fingerprint density at radius 1 is 1.06 bits per heavy atom. The summed E-state index contributed by atoms with van der Waals surface area (Å²) in [6.45, 7) is 3.55. The quantitative estimate of drug-likeness (QED) is 0.377. The van der Waals surface area contributed by atoms with Gasteiger partial charge in [-0.25, -0.2) is 4.39 Å². The zero-order valence-corrected chi connectivity index (χ0v) is 18.5. The molecular formula is C26H26FN3O3. The SMILES string of the molecule is Cc1ccc(N(C(=O)c2ccccc2)C2CCN(Cc3ccccc3[N+](=O)[O-])CC2)cc1F. The van der Waals surface area contributed by atoms with Crippen LogP contribution in [-0.2, 0) is 6.54 Å². The molecule has 0 unspecified atom stereocenters. The minimum Gasteiger partial charge on any atom is -0.305 e. The maximum atomic E-state index is 14.4. The lowest BCUT2D eigenvalue weighted by Gasteiger charge is -2.38. The van der Waals surface area contributed by atoms with Gasteiger partial charge >= 0.3 is 0 Å². The fraction of sp³-hybridized carbons (Fsp3) is 0.269. The van der Waals surface area contributed by atoms with Gasteiger partial charge in [-0.3, -0.25) is 19.8 Å². The van der Waals surface area contributed by atoms with Gasteiger partial charge in [0.25, 0.3) is 11.6 Å². The minimum absolute atomic E-state index is 0.0955. The largest absolute Gasteiger partial charge is 0.305 e. The first-order chi connectivity index (χ1) is 15.9. The van der Waals surface area contributed by atoms with Gasteiger partial charge in [-0.2, -0.15) is 0 Å². The summed E-state index contributed by atoms with van der Waals surface area (Å²) < 4.78 is 14.4. The smallest absolute Gasteiger partial charge is 0.273 e. The molecule has 7 heteroatoms. The maximum absolute atomic E-state index is 14.4. The third kappa shape index (κ3) is 5.09. The number of piperidine rings is 1. The molecular weight excluding hydrogens is 421 g/mol. The van der Waals surface area contributed by atoms with Crippen LogP contribution in [0.15, 0.2) is 72.8 Å². The van der Waals surface area contributed by atoms with Crippen molar-refractivity contribution in [1.29, 1.82) is 0 Å². The summed E-state index contributed by atoms with van der Waals surface area (Å²) in [7, 11) is 0. The highest BCUT2D eigenvalue weighted by molar-refractivity contribution is 6.06. The number of para-hydroxylation sites is 1. The molecule has 3 aromatic rings. The highest BCUT2D eigenvalue weighted by Gasteiger charge is 2.31. The van der Waals surface area contributed by atoms with Crippen LogP contribution in [0.2, 0.25) is 0 Å². The van der Waals surface area contributed by atoms with Crippen molar-refractivity contribution < 1.29 is 14.1 Å². The first-order valence-electron chi connectivity index (χ1n) is 11.0. The Bertz CT molecular complexity index is 1140. The van der Waals surface area contributed by atoms with E-state index in [-0.39, 0.29) is 28.4 Å². The molecule has 0 aliphatic carbocycles. The number of benzene rings is 3. The van der Waals surface area contributed by atoms with Gasteiger partial charge in [-0.1, -0.05) is 42.5 Å². The molecule has 1 aliphatic heterocycles. The number of carbonyl (C=O) groups excluding carboxylic acids is 1. The molecule has 170 valence electrons. The van der Waals surface area contributed by atoms with E-state index in [9.17, 15) is 19.3 Å². The predicted octanol–water partition coefficient (Wildman–Crippen LogP) is 5.35. The summed E-state index contributed by atoms with van der Waals surface area (Å²) >= 11 is 0. The molecule has 0 bridgehead atoms. The van der Waals surface area contributed by atoms with Gasteiger partial charge in [0.1, 0.15) is 5.82 Å². The Kier molecular flexibility index (Phi) is 6.79. The molecule has 1 amide bonds. The molecule has 0 N–H and O–H groups in total. The number of rotatable bonds is 6. The van der Waals surface area contributed by atoms with Crippen LogP contribution < -0.4 is 4.90 Å². The van der Waals surface area contributed by atoms with Gasteiger partial charge in [0, 0.05) is 48.6 Å². The molecule has 0 aromatic heterocycles. The average molecular weight is 448 g/mol. The molecule has 0 atom stereocenters. The Morgan fingerprint density at radius 2 is 1.73 bits per heavy atom. The van der Waals surface area contributed by atoms with E-state index in [0.717, 1.165) is 0 Å². The zero-order chi connectivity index (χ0) is 23.4. The van der Waals surface area contributed by atoms with Crippen LogP contribution in [0.3, 0.4) is 0 Å². The minimum atomic E-state index is -0.353. The summed E-state index contributed by atoms with van der Waals surface area (Å²) in [5.41, 5.74) is 2.43. The van der Waals surface area contributed by atoms with Crippen molar-refractivity contribution >= 4 is 17.3 Å². The van der Waals surface area contributed by atoms with Crippen LogP contribution in [0.25, 0.3) is 0 Å². The number of aryl methyl sites for hydroxylation is 1. The van der Waals surface area contributed by atoms with Crippen molar-refractivity contribution in [2.45, 2.75) is 32.4 Å². The number of hydrogen-bond acceptors (Lipinski definition) is 4. The molecule has 0 saturated carbocycles.